The summed E-state index contributed by atoms with van der Waals surface area (Å²) in [6.07, 6.45) is 7.47. The van der Waals surface area contributed by atoms with Gasteiger partial charge in [-0.3, -0.25) is 4.79 Å². The first-order valence-corrected chi connectivity index (χ1v) is 4.43. The lowest BCUT2D eigenvalue weighted by molar-refractivity contribution is -0.122. The number of nitrogens with one attached hydrogen (secondary N) is 1. The average molecular weight is 168 g/mol. The summed E-state index contributed by atoms with van der Waals surface area (Å²) in [4.78, 5) is 11.1. The molecule has 1 aliphatic rings. The van der Waals surface area contributed by atoms with E-state index in [1.807, 2.05) is 6.08 Å². The van der Waals surface area contributed by atoms with Gasteiger partial charge in [-0.1, -0.05) is 12.2 Å². The van der Waals surface area contributed by atoms with Gasteiger partial charge in [-0.05, 0) is 26.2 Å². The molecule has 0 aromatic heterocycles. The fourth-order valence-electron chi connectivity index (χ4n) is 1.25. The van der Waals surface area contributed by atoms with E-state index in [9.17, 15) is 4.79 Å². The van der Waals surface area contributed by atoms with Crippen molar-refractivity contribution in [3.05, 3.63) is 12.2 Å². The van der Waals surface area contributed by atoms with Crippen molar-refractivity contribution in [3.63, 3.8) is 0 Å². The normalized spacial score (nSPS) is 25.0. The fraction of sp³-hybridized carbons (Fsp3) is 0.667. The van der Waals surface area contributed by atoms with Gasteiger partial charge < -0.3 is 11.1 Å². The second-order valence-electron chi connectivity index (χ2n) is 3.26. The lowest BCUT2D eigenvalue weighted by atomic mass is 10.0. The van der Waals surface area contributed by atoms with E-state index in [1.54, 1.807) is 6.92 Å². The highest BCUT2D eigenvalue weighted by atomic mass is 16.2. The fourth-order valence-corrected chi connectivity index (χ4v) is 1.25. The van der Waals surface area contributed by atoms with Gasteiger partial charge >= 0.3 is 0 Å². The summed E-state index contributed by atoms with van der Waals surface area (Å²) < 4.78 is 0. The summed E-state index contributed by atoms with van der Waals surface area (Å²) >= 11 is 0. The van der Waals surface area contributed by atoms with Gasteiger partial charge in [0.05, 0.1) is 6.04 Å². The second-order valence-corrected chi connectivity index (χ2v) is 3.26. The van der Waals surface area contributed by atoms with Gasteiger partial charge in [-0.2, -0.15) is 0 Å². The van der Waals surface area contributed by atoms with Gasteiger partial charge in [-0.15, -0.1) is 0 Å². The van der Waals surface area contributed by atoms with Crippen molar-refractivity contribution in [1.82, 2.24) is 5.32 Å². The van der Waals surface area contributed by atoms with Crippen molar-refractivity contribution in [2.75, 3.05) is 0 Å². The lowest BCUT2D eigenvalue weighted by Gasteiger charge is -2.18. The molecule has 3 heteroatoms. The van der Waals surface area contributed by atoms with E-state index in [1.165, 1.54) is 0 Å². The summed E-state index contributed by atoms with van der Waals surface area (Å²) in [6.45, 7) is 1.70. The Bertz CT molecular complexity index is 187. The molecule has 1 rings (SSSR count). The minimum atomic E-state index is -0.402. The summed E-state index contributed by atoms with van der Waals surface area (Å²) in [6, 6.07) is -0.197. The Labute approximate surface area is 73.0 Å². The molecule has 0 fully saturated rings. The van der Waals surface area contributed by atoms with Crippen LogP contribution in [0.15, 0.2) is 12.2 Å². The molecule has 1 aliphatic carbocycles. The minimum Gasteiger partial charge on any atom is -0.349 e. The third kappa shape index (κ3) is 2.66. The molecule has 0 bridgehead atoms. The molecule has 0 saturated carbocycles. The molecule has 0 aromatic carbocycles. The molecule has 1 amide bonds. The standard InChI is InChI=1S/C9H16N2O/c1-7(10)9(12)11-8-5-3-2-4-6-8/h3,5,7-8H,2,4,6,10H2,1H3,(H,11,12). The van der Waals surface area contributed by atoms with Crippen molar-refractivity contribution in [2.24, 2.45) is 5.73 Å². The van der Waals surface area contributed by atoms with Gasteiger partial charge in [0.15, 0.2) is 0 Å². The summed E-state index contributed by atoms with van der Waals surface area (Å²) in [7, 11) is 0. The molecule has 0 radical (unpaired) electrons. The predicted octanol–water partition coefficient (Wildman–Crippen LogP) is 0.558. The maximum absolute atomic E-state index is 11.1. The maximum atomic E-state index is 11.1. The number of rotatable bonds is 2. The van der Waals surface area contributed by atoms with Crippen LogP contribution >= 0.6 is 0 Å². The highest BCUT2D eigenvalue weighted by Gasteiger charge is 2.13. The Balaban J connectivity index is 2.35. The van der Waals surface area contributed by atoms with Gasteiger partial charge in [0, 0.05) is 6.04 Å². The minimum absolute atomic E-state index is 0.0634. The molecular formula is C9H16N2O. The smallest absolute Gasteiger partial charge is 0.237 e. The number of carbonyl (C=O) groups is 1. The van der Waals surface area contributed by atoms with Crippen molar-refractivity contribution < 1.29 is 4.79 Å². The van der Waals surface area contributed by atoms with Crippen LogP contribution in [0.25, 0.3) is 0 Å². The molecular weight excluding hydrogens is 152 g/mol. The summed E-state index contributed by atoms with van der Waals surface area (Å²) in [5.74, 6) is -0.0634. The Kier molecular flexibility index (Phi) is 3.29. The van der Waals surface area contributed by atoms with E-state index in [0.717, 1.165) is 19.3 Å². The Morgan fingerprint density at radius 3 is 3.00 bits per heavy atom. The number of amides is 1. The van der Waals surface area contributed by atoms with E-state index in [-0.39, 0.29) is 11.9 Å². The SMILES string of the molecule is CC(N)C(=O)NC1C=CCCC1. The zero-order chi connectivity index (χ0) is 8.97. The summed E-state index contributed by atoms with van der Waals surface area (Å²) in [5.41, 5.74) is 5.42. The average Bonchev–Trinajstić information content (AvgIpc) is 2.06. The van der Waals surface area contributed by atoms with Crippen molar-refractivity contribution >= 4 is 5.91 Å². The van der Waals surface area contributed by atoms with Crippen LogP contribution in [0.4, 0.5) is 0 Å². The molecule has 12 heavy (non-hydrogen) atoms. The van der Waals surface area contributed by atoms with Gasteiger partial charge in [0.25, 0.3) is 0 Å². The van der Waals surface area contributed by atoms with Crippen LogP contribution in [0.3, 0.4) is 0 Å². The first kappa shape index (κ1) is 9.26. The Hall–Kier alpha value is -0.830. The van der Waals surface area contributed by atoms with Crippen LogP contribution in [-0.2, 0) is 4.79 Å². The number of carbonyl (C=O) groups excluding carboxylic acids is 1. The molecule has 2 atom stereocenters. The molecule has 0 aliphatic heterocycles. The van der Waals surface area contributed by atoms with E-state index in [2.05, 4.69) is 11.4 Å². The van der Waals surface area contributed by atoms with Crippen molar-refractivity contribution in [3.8, 4) is 0 Å². The molecule has 3 N–H and O–H groups in total. The van der Waals surface area contributed by atoms with Crippen LogP contribution in [-0.4, -0.2) is 18.0 Å². The van der Waals surface area contributed by atoms with Crippen LogP contribution in [0.5, 0.6) is 0 Å². The van der Waals surface area contributed by atoms with E-state index in [0.29, 0.717) is 0 Å². The van der Waals surface area contributed by atoms with E-state index >= 15 is 0 Å². The quantitative estimate of drug-likeness (QED) is 0.592. The number of allylic oxidation sites excluding steroid dienone is 1. The van der Waals surface area contributed by atoms with Crippen LogP contribution in [0.2, 0.25) is 0 Å². The molecule has 0 heterocycles. The maximum Gasteiger partial charge on any atom is 0.237 e. The third-order valence-corrected chi connectivity index (χ3v) is 2.00. The molecule has 3 nitrogen and oxygen atoms in total. The van der Waals surface area contributed by atoms with Gasteiger partial charge in [0.1, 0.15) is 0 Å². The highest BCUT2D eigenvalue weighted by molar-refractivity contribution is 5.81. The molecule has 2 unspecified atom stereocenters. The van der Waals surface area contributed by atoms with Gasteiger partial charge in [-0.25, -0.2) is 0 Å². The van der Waals surface area contributed by atoms with Crippen LogP contribution < -0.4 is 11.1 Å². The highest BCUT2D eigenvalue weighted by Crippen LogP contribution is 2.09. The third-order valence-electron chi connectivity index (χ3n) is 2.00. The largest absolute Gasteiger partial charge is 0.349 e. The van der Waals surface area contributed by atoms with Crippen molar-refractivity contribution in [1.29, 1.82) is 0 Å². The Morgan fingerprint density at radius 1 is 1.75 bits per heavy atom. The molecule has 0 saturated heterocycles. The summed E-state index contributed by atoms with van der Waals surface area (Å²) in [5, 5.41) is 2.87. The second kappa shape index (κ2) is 4.26. The van der Waals surface area contributed by atoms with Crippen LogP contribution in [0.1, 0.15) is 26.2 Å². The van der Waals surface area contributed by atoms with E-state index in [4.69, 9.17) is 5.73 Å². The van der Waals surface area contributed by atoms with E-state index < -0.39 is 6.04 Å². The molecule has 68 valence electrons. The predicted molar refractivity (Wildman–Crippen MR) is 48.6 cm³/mol. The Morgan fingerprint density at radius 2 is 2.50 bits per heavy atom. The topological polar surface area (TPSA) is 55.1 Å². The van der Waals surface area contributed by atoms with Gasteiger partial charge in [0.2, 0.25) is 5.91 Å². The zero-order valence-corrected chi connectivity index (χ0v) is 7.42. The number of nitrogens with two attached hydrogens (primary N) is 1. The van der Waals surface area contributed by atoms with Crippen molar-refractivity contribution in [2.45, 2.75) is 38.3 Å². The first-order valence-electron chi connectivity index (χ1n) is 4.43. The first-order chi connectivity index (χ1) is 5.70. The molecule has 0 aromatic rings. The lowest BCUT2D eigenvalue weighted by Crippen LogP contribution is -2.43. The van der Waals surface area contributed by atoms with Crippen LogP contribution in [0, 0.1) is 0 Å². The monoisotopic (exact) mass is 168 g/mol. The molecule has 0 spiro atoms. The number of hydrogen-bond acceptors (Lipinski definition) is 2. The zero-order valence-electron chi connectivity index (χ0n) is 7.42. The number of hydrogen-bond donors (Lipinski definition) is 2.